The van der Waals surface area contributed by atoms with E-state index in [1.807, 2.05) is 5.32 Å². The molecule has 0 unspecified atom stereocenters. The van der Waals surface area contributed by atoms with Gasteiger partial charge in [-0.1, -0.05) is 6.07 Å². The first-order chi connectivity index (χ1) is 8.81. The molecule has 1 fully saturated rings. The van der Waals surface area contributed by atoms with Crippen LogP contribution in [0, 0.1) is 5.82 Å². The monoisotopic (exact) mass is 276 g/mol. The van der Waals surface area contributed by atoms with Crippen molar-refractivity contribution in [2.75, 3.05) is 12.4 Å². The zero-order chi connectivity index (χ0) is 14.3. The number of alkyl halides is 3. The molecule has 104 valence electrons. The van der Waals surface area contributed by atoms with Crippen LogP contribution in [0.4, 0.5) is 23.2 Å². The van der Waals surface area contributed by atoms with Crippen LogP contribution in [-0.4, -0.2) is 24.7 Å². The van der Waals surface area contributed by atoms with Gasteiger partial charge in [0.05, 0.1) is 11.3 Å². The predicted molar refractivity (Wildman–Crippen MR) is 61.4 cm³/mol. The summed E-state index contributed by atoms with van der Waals surface area (Å²) in [5.41, 5.74) is -2.41. The van der Waals surface area contributed by atoms with Crippen LogP contribution in [0.3, 0.4) is 0 Å². The maximum Gasteiger partial charge on any atom is 0.411 e. The van der Waals surface area contributed by atoms with Gasteiger partial charge in [-0.3, -0.25) is 4.79 Å². The second-order valence-electron chi connectivity index (χ2n) is 4.45. The third-order valence-electron chi connectivity index (χ3n) is 3.15. The van der Waals surface area contributed by atoms with Crippen molar-refractivity contribution < 1.29 is 22.4 Å². The molecule has 0 saturated heterocycles. The van der Waals surface area contributed by atoms with E-state index in [4.69, 9.17) is 0 Å². The Morgan fingerprint density at radius 2 is 1.95 bits per heavy atom. The summed E-state index contributed by atoms with van der Waals surface area (Å²) in [4.78, 5) is 11.9. The smallest absolute Gasteiger partial charge is 0.385 e. The van der Waals surface area contributed by atoms with Gasteiger partial charge >= 0.3 is 6.18 Å². The Bertz CT molecular complexity index is 509. The molecule has 1 aromatic carbocycles. The van der Waals surface area contributed by atoms with Gasteiger partial charge in [0.25, 0.3) is 5.91 Å². The van der Waals surface area contributed by atoms with E-state index < -0.39 is 23.4 Å². The molecule has 0 aliphatic heterocycles. The molecule has 3 nitrogen and oxygen atoms in total. The highest BCUT2D eigenvalue weighted by atomic mass is 19.4. The number of carbonyl (C=O) groups is 1. The molecule has 2 N–H and O–H groups in total. The normalized spacial score (nSPS) is 16.9. The van der Waals surface area contributed by atoms with Crippen LogP contribution < -0.4 is 10.6 Å². The van der Waals surface area contributed by atoms with E-state index >= 15 is 0 Å². The van der Waals surface area contributed by atoms with Crippen molar-refractivity contribution in [2.24, 2.45) is 0 Å². The quantitative estimate of drug-likeness (QED) is 0.833. The number of anilines is 1. The second kappa shape index (κ2) is 4.40. The molecule has 1 amide bonds. The molecule has 2 rings (SSSR count). The fraction of sp³-hybridized carbons (Fsp3) is 0.417. The molecule has 0 heterocycles. The Labute approximate surface area is 107 Å². The summed E-state index contributed by atoms with van der Waals surface area (Å²) in [5, 5.41) is 4.43. The van der Waals surface area contributed by atoms with Gasteiger partial charge in [0.1, 0.15) is 11.4 Å². The third-order valence-corrected chi connectivity index (χ3v) is 3.15. The van der Waals surface area contributed by atoms with Crippen LogP contribution in [0.1, 0.15) is 23.2 Å². The summed E-state index contributed by atoms with van der Waals surface area (Å²) in [6, 6.07) is 3.67. The number of hydrogen-bond donors (Lipinski definition) is 2. The lowest BCUT2D eigenvalue weighted by Gasteiger charge is -2.21. The van der Waals surface area contributed by atoms with Crippen LogP contribution in [0.25, 0.3) is 0 Å². The van der Waals surface area contributed by atoms with E-state index in [-0.39, 0.29) is 24.1 Å². The Hall–Kier alpha value is -1.79. The number of hydrogen-bond acceptors (Lipinski definition) is 2. The number of carbonyl (C=O) groups excluding carboxylic acids is 1. The highest BCUT2D eigenvalue weighted by Gasteiger charge is 2.64. The third kappa shape index (κ3) is 2.36. The van der Waals surface area contributed by atoms with Gasteiger partial charge in [-0.15, -0.1) is 0 Å². The molecule has 1 saturated carbocycles. The lowest BCUT2D eigenvalue weighted by Crippen LogP contribution is -2.48. The van der Waals surface area contributed by atoms with Gasteiger partial charge in [0.2, 0.25) is 0 Å². The highest BCUT2D eigenvalue weighted by Crippen LogP contribution is 2.49. The van der Waals surface area contributed by atoms with Crippen molar-refractivity contribution >= 4 is 11.6 Å². The number of benzene rings is 1. The van der Waals surface area contributed by atoms with Crippen molar-refractivity contribution in [1.29, 1.82) is 0 Å². The fourth-order valence-electron chi connectivity index (χ4n) is 1.86. The van der Waals surface area contributed by atoms with Crippen LogP contribution >= 0.6 is 0 Å². The van der Waals surface area contributed by atoms with Crippen molar-refractivity contribution in [3.63, 3.8) is 0 Å². The van der Waals surface area contributed by atoms with E-state index in [1.165, 1.54) is 19.2 Å². The first kappa shape index (κ1) is 13.6. The van der Waals surface area contributed by atoms with E-state index in [0.29, 0.717) is 0 Å². The zero-order valence-corrected chi connectivity index (χ0v) is 10.1. The van der Waals surface area contributed by atoms with E-state index in [1.54, 1.807) is 0 Å². The van der Waals surface area contributed by atoms with Crippen LogP contribution in [0.15, 0.2) is 18.2 Å². The van der Waals surface area contributed by atoms with Crippen molar-refractivity contribution in [3.8, 4) is 0 Å². The molecular formula is C12H12F4N2O. The van der Waals surface area contributed by atoms with Crippen molar-refractivity contribution in [1.82, 2.24) is 5.32 Å². The maximum atomic E-state index is 13.4. The Morgan fingerprint density at radius 1 is 1.32 bits per heavy atom. The molecule has 1 aromatic rings. The second-order valence-corrected chi connectivity index (χ2v) is 4.45. The molecule has 1 aliphatic rings. The molecule has 1 aliphatic carbocycles. The average molecular weight is 276 g/mol. The first-order valence-electron chi connectivity index (χ1n) is 5.66. The molecule has 19 heavy (non-hydrogen) atoms. The molecule has 7 heteroatoms. The minimum atomic E-state index is -4.49. The van der Waals surface area contributed by atoms with Gasteiger partial charge in [-0.2, -0.15) is 13.2 Å². The molecule has 0 radical (unpaired) electrons. The van der Waals surface area contributed by atoms with Crippen molar-refractivity contribution in [3.05, 3.63) is 29.6 Å². The van der Waals surface area contributed by atoms with Gasteiger partial charge in [-0.25, -0.2) is 4.39 Å². The fourth-order valence-corrected chi connectivity index (χ4v) is 1.86. The zero-order valence-electron chi connectivity index (χ0n) is 10.1. The summed E-state index contributed by atoms with van der Waals surface area (Å²) in [5.74, 6) is -1.62. The summed E-state index contributed by atoms with van der Waals surface area (Å²) in [6.45, 7) is 0. The van der Waals surface area contributed by atoms with E-state index in [9.17, 15) is 22.4 Å². The molecule has 0 aromatic heterocycles. The topological polar surface area (TPSA) is 41.1 Å². The maximum absolute atomic E-state index is 13.4. The molecule has 0 bridgehead atoms. The van der Waals surface area contributed by atoms with E-state index in [2.05, 4.69) is 5.32 Å². The first-order valence-corrected chi connectivity index (χ1v) is 5.66. The van der Waals surface area contributed by atoms with Crippen LogP contribution in [-0.2, 0) is 0 Å². The number of nitrogens with one attached hydrogen (secondary N) is 2. The summed E-state index contributed by atoms with van der Waals surface area (Å²) >= 11 is 0. The number of rotatable bonds is 3. The van der Waals surface area contributed by atoms with Gasteiger partial charge in [-0.05, 0) is 25.0 Å². The standard InChI is InChI=1S/C12H12F4N2O/c1-17-9-7(3-2-4-8(9)13)10(19)18-11(5-6-11)12(14,15)16/h2-4,17H,5-6H2,1H3,(H,18,19). The SMILES string of the molecule is CNc1c(F)cccc1C(=O)NC1(C(F)(F)F)CC1. The molecular weight excluding hydrogens is 264 g/mol. The van der Waals surface area contributed by atoms with Crippen molar-refractivity contribution in [2.45, 2.75) is 24.6 Å². The van der Waals surface area contributed by atoms with Gasteiger partial charge in [0, 0.05) is 7.05 Å². The van der Waals surface area contributed by atoms with Crippen LogP contribution in [0.5, 0.6) is 0 Å². The van der Waals surface area contributed by atoms with Gasteiger partial charge in [0.15, 0.2) is 0 Å². The Morgan fingerprint density at radius 3 is 2.42 bits per heavy atom. The average Bonchev–Trinajstić information content (AvgIpc) is 3.09. The minimum absolute atomic E-state index is 0.113. The highest BCUT2D eigenvalue weighted by molar-refractivity contribution is 6.00. The lowest BCUT2D eigenvalue weighted by molar-refractivity contribution is -0.163. The minimum Gasteiger partial charge on any atom is -0.385 e. The van der Waals surface area contributed by atoms with E-state index in [0.717, 1.165) is 6.07 Å². The summed E-state index contributed by atoms with van der Waals surface area (Å²) in [7, 11) is 1.39. The summed E-state index contributed by atoms with van der Waals surface area (Å²) in [6.07, 6.45) is -4.78. The number of para-hydroxylation sites is 1. The molecule has 0 atom stereocenters. The Kier molecular flexibility index (Phi) is 3.15. The predicted octanol–water partition coefficient (Wildman–Crippen LogP) is 2.69. The largest absolute Gasteiger partial charge is 0.411 e. The molecule has 0 spiro atoms. The Balaban J connectivity index is 2.25. The number of amides is 1. The number of halogens is 4. The van der Waals surface area contributed by atoms with Gasteiger partial charge < -0.3 is 10.6 Å². The lowest BCUT2D eigenvalue weighted by atomic mass is 10.1. The van der Waals surface area contributed by atoms with Crippen LogP contribution in [0.2, 0.25) is 0 Å². The summed E-state index contributed by atoms with van der Waals surface area (Å²) < 4.78 is 51.6.